The Labute approximate surface area is 157 Å². The maximum absolute atomic E-state index is 12.4. The molecule has 25 heavy (non-hydrogen) atoms. The molecule has 1 amide bonds. The number of carbonyl (C=O) groups excluding carboxylic acids is 2. The summed E-state index contributed by atoms with van der Waals surface area (Å²) in [6.45, 7) is 1.44. The van der Waals surface area contributed by atoms with Gasteiger partial charge >= 0.3 is 0 Å². The van der Waals surface area contributed by atoms with E-state index in [0.29, 0.717) is 18.6 Å². The van der Waals surface area contributed by atoms with Gasteiger partial charge in [-0.05, 0) is 38.5 Å². The molecule has 0 spiro atoms. The monoisotopic (exact) mass is 393 g/mol. The normalized spacial score (nSPS) is 18.6. The first kappa shape index (κ1) is 22.2. The molecule has 1 saturated heterocycles. The van der Waals surface area contributed by atoms with E-state index in [1.807, 2.05) is 4.90 Å². The molecule has 2 atom stereocenters. The molecule has 8 nitrogen and oxygen atoms in total. The fourth-order valence-electron chi connectivity index (χ4n) is 2.98. The Morgan fingerprint density at radius 3 is 2.92 bits per heavy atom. The molecule has 1 aliphatic heterocycles. The summed E-state index contributed by atoms with van der Waals surface area (Å²) in [5, 5.41) is 0.124. The molecule has 10 heteroatoms. The van der Waals surface area contributed by atoms with Crippen LogP contribution < -0.4 is 5.90 Å². The smallest absolute Gasteiger partial charge is 0.293 e. The molecule has 1 heterocycles. The number of ether oxygens (including phenoxy) is 1. The van der Waals surface area contributed by atoms with E-state index in [2.05, 4.69) is 8.87 Å². The lowest BCUT2D eigenvalue weighted by atomic mass is 10.0. The summed E-state index contributed by atoms with van der Waals surface area (Å²) in [7, 11) is 0. The van der Waals surface area contributed by atoms with Crippen molar-refractivity contribution in [3.8, 4) is 0 Å². The quantitative estimate of drug-likeness (QED) is 0.120. The van der Waals surface area contributed by atoms with E-state index >= 15 is 0 Å². The highest BCUT2D eigenvalue weighted by Crippen LogP contribution is 2.24. The van der Waals surface area contributed by atoms with Crippen LogP contribution in [0.2, 0.25) is 0 Å². The van der Waals surface area contributed by atoms with Crippen LogP contribution in [0.5, 0.6) is 0 Å². The van der Waals surface area contributed by atoms with Crippen molar-refractivity contribution in [1.29, 1.82) is 0 Å². The van der Waals surface area contributed by atoms with E-state index < -0.39 is 0 Å². The van der Waals surface area contributed by atoms with Gasteiger partial charge in [-0.2, -0.15) is 0 Å². The van der Waals surface area contributed by atoms with Gasteiger partial charge in [-0.1, -0.05) is 6.42 Å². The second-order valence-electron chi connectivity index (χ2n) is 5.92. The second-order valence-corrected chi connectivity index (χ2v) is 7.78. The highest BCUT2D eigenvalue weighted by molar-refractivity contribution is 7.98. The lowest BCUT2D eigenvalue weighted by Gasteiger charge is -2.35. The molecule has 0 saturated carbocycles. The van der Waals surface area contributed by atoms with Crippen LogP contribution in [0.4, 0.5) is 0 Å². The van der Waals surface area contributed by atoms with Gasteiger partial charge in [0.2, 0.25) is 5.91 Å². The van der Waals surface area contributed by atoms with Crippen molar-refractivity contribution >= 4 is 36.4 Å². The van der Waals surface area contributed by atoms with Crippen molar-refractivity contribution < 1.29 is 18.6 Å². The highest BCUT2D eigenvalue weighted by Gasteiger charge is 2.26. The molecule has 1 aliphatic rings. The molecule has 0 bridgehead atoms. The topological polar surface area (TPSA) is 111 Å². The summed E-state index contributed by atoms with van der Waals surface area (Å²) in [6.07, 6.45) is 6.64. The molecule has 0 aromatic heterocycles. The van der Waals surface area contributed by atoms with Crippen molar-refractivity contribution in [2.24, 2.45) is 10.5 Å². The van der Waals surface area contributed by atoms with Crippen LogP contribution in [0.25, 0.3) is 0 Å². The number of nitroso groups, excluding NO2 is 1. The van der Waals surface area contributed by atoms with Gasteiger partial charge in [0, 0.05) is 52.5 Å². The third-order valence-electron chi connectivity index (χ3n) is 4.25. The van der Waals surface area contributed by atoms with E-state index in [9.17, 15) is 14.5 Å². The fourth-order valence-corrected chi connectivity index (χ4v) is 4.23. The molecule has 1 rings (SSSR count). The lowest BCUT2D eigenvalue weighted by Crippen LogP contribution is -2.46. The molecule has 0 aromatic rings. The first-order chi connectivity index (χ1) is 12.2. The van der Waals surface area contributed by atoms with Crippen molar-refractivity contribution in [3.05, 3.63) is 4.91 Å². The molecular formula is C15H27N3O5S2. The first-order valence-electron chi connectivity index (χ1n) is 8.54. The number of amides is 1. The zero-order valence-corrected chi connectivity index (χ0v) is 16.0. The summed E-state index contributed by atoms with van der Waals surface area (Å²) >= 11 is 2.19. The van der Waals surface area contributed by atoms with Gasteiger partial charge in [0.05, 0.1) is 6.04 Å². The lowest BCUT2D eigenvalue weighted by molar-refractivity contribution is -0.140. The Kier molecular flexibility index (Phi) is 12.7. The van der Waals surface area contributed by atoms with Crippen LogP contribution in [-0.4, -0.2) is 47.5 Å². The van der Waals surface area contributed by atoms with Gasteiger partial charge in [-0.3, -0.25) is 9.59 Å². The third kappa shape index (κ3) is 9.43. The van der Waals surface area contributed by atoms with Gasteiger partial charge in [-0.15, -0.1) is 4.91 Å². The minimum Gasteiger partial charge on any atom is -0.466 e. The average Bonchev–Trinajstić information content (AvgIpc) is 2.63. The van der Waals surface area contributed by atoms with Gasteiger partial charge < -0.3 is 9.64 Å². The molecule has 2 unspecified atom stereocenters. The standard InChI is InChI=1S/C15H27N3O5S2/c16-23-24-10-8-14(25-17-21)6-1-2-7-15(20)18-9-4-3-5-13(18)11-22-12-19/h12-14H,1-11,16H2. The van der Waals surface area contributed by atoms with Gasteiger partial charge in [-0.25, -0.2) is 10.2 Å². The Balaban J connectivity index is 2.28. The van der Waals surface area contributed by atoms with Crippen LogP contribution in [0.1, 0.15) is 51.4 Å². The number of piperidine rings is 1. The van der Waals surface area contributed by atoms with Crippen LogP contribution in [-0.2, 0) is 18.6 Å². The van der Waals surface area contributed by atoms with Crippen molar-refractivity contribution in [2.45, 2.75) is 62.7 Å². The maximum atomic E-state index is 12.4. The predicted octanol–water partition coefficient (Wildman–Crippen LogP) is 2.81. The zero-order chi connectivity index (χ0) is 18.3. The summed E-state index contributed by atoms with van der Waals surface area (Å²) in [6, 6.07) is 0.00213. The zero-order valence-electron chi connectivity index (χ0n) is 14.3. The van der Waals surface area contributed by atoms with Crippen molar-refractivity contribution in [1.82, 2.24) is 4.90 Å². The Bertz CT molecular complexity index is 403. The number of hydrogen-bond donors (Lipinski definition) is 1. The maximum Gasteiger partial charge on any atom is 0.293 e. The molecular weight excluding hydrogens is 366 g/mol. The SMILES string of the molecule is NOSCCC(CCCCC(=O)N1CCCCC1COC=O)SN=O. The Hall–Kier alpha value is -0.840. The van der Waals surface area contributed by atoms with E-state index in [0.717, 1.165) is 75.5 Å². The number of unbranched alkanes of at least 4 members (excludes halogenated alkanes) is 1. The minimum absolute atomic E-state index is 0.00213. The van der Waals surface area contributed by atoms with Crippen molar-refractivity contribution in [2.75, 3.05) is 18.9 Å². The molecule has 0 aliphatic carbocycles. The van der Waals surface area contributed by atoms with Crippen LogP contribution >= 0.6 is 24.0 Å². The summed E-state index contributed by atoms with van der Waals surface area (Å²) in [4.78, 5) is 35.1. The molecule has 0 aromatic carbocycles. The Morgan fingerprint density at radius 1 is 1.36 bits per heavy atom. The largest absolute Gasteiger partial charge is 0.466 e. The van der Waals surface area contributed by atoms with Gasteiger partial charge in [0.25, 0.3) is 6.47 Å². The molecule has 144 valence electrons. The fraction of sp³-hybridized carbons (Fsp3) is 0.867. The number of carbonyl (C=O) groups is 2. The van der Waals surface area contributed by atoms with Gasteiger partial charge in [0.1, 0.15) is 6.61 Å². The van der Waals surface area contributed by atoms with Gasteiger partial charge in [0.15, 0.2) is 0 Å². The minimum atomic E-state index is 0.00213. The highest BCUT2D eigenvalue weighted by atomic mass is 32.2. The average molecular weight is 394 g/mol. The summed E-state index contributed by atoms with van der Waals surface area (Å²) in [5.74, 6) is 5.77. The first-order valence-corrected chi connectivity index (χ1v) is 10.3. The molecule has 1 fully saturated rings. The predicted molar refractivity (Wildman–Crippen MR) is 99.4 cm³/mol. The molecule has 0 radical (unpaired) electrons. The Morgan fingerprint density at radius 2 is 2.20 bits per heavy atom. The summed E-state index contributed by atoms with van der Waals surface area (Å²) < 4.78 is 12.2. The number of nitrogens with zero attached hydrogens (tertiary/aromatic N) is 2. The third-order valence-corrected chi connectivity index (χ3v) is 5.65. The van der Waals surface area contributed by atoms with Crippen LogP contribution in [0, 0.1) is 4.91 Å². The van der Waals surface area contributed by atoms with Crippen LogP contribution in [0.15, 0.2) is 4.58 Å². The second kappa shape index (κ2) is 14.3. The van der Waals surface area contributed by atoms with E-state index in [1.165, 1.54) is 0 Å². The molecule has 2 N–H and O–H groups in total. The van der Waals surface area contributed by atoms with Crippen molar-refractivity contribution in [3.63, 3.8) is 0 Å². The number of hydrogen-bond acceptors (Lipinski definition) is 9. The van der Waals surface area contributed by atoms with E-state index in [4.69, 9.17) is 10.6 Å². The summed E-state index contributed by atoms with van der Waals surface area (Å²) in [5.41, 5.74) is 0. The number of nitrogens with two attached hydrogens (primary N) is 1. The van der Waals surface area contributed by atoms with Crippen LogP contribution in [0.3, 0.4) is 0 Å². The number of rotatable bonds is 14. The van der Waals surface area contributed by atoms with E-state index in [-0.39, 0.29) is 23.8 Å². The van der Waals surface area contributed by atoms with E-state index in [1.54, 1.807) is 0 Å². The number of likely N-dealkylation sites (tertiary alicyclic amines) is 1.